The number of carbonyl (C=O) groups is 1. The predicted molar refractivity (Wildman–Crippen MR) is 134 cm³/mol. The molecule has 0 saturated carbocycles. The zero-order chi connectivity index (χ0) is 24.4. The molecule has 2 fully saturated rings. The normalized spacial score (nSPS) is 21.1. The molecule has 2 heterocycles. The van der Waals surface area contributed by atoms with E-state index in [0.29, 0.717) is 25.2 Å². The number of likely N-dealkylation sites (tertiary alicyclic amines) is 2. The number of hydrogen-bond acceptors (Lipinski definition) is 3. The number of amides is 1. The molecule has 2 saturated heterocycles. The van der Waals surface area contributed by atoms with Gasteiger partial charge in [0.2, 0.25) is 5.91 Å². The van der Waals surface area contributed by atoms with Gasteiger partial charge in [-0.1, -0.05) is 36.4 Å². The Hall–Kier alpha value is -2.83. The van der Waals surface area contributed by atoms with E-state index in [1.807, 2.05) is 0 Å². The van der Waals surface area contributed by atoms with Gasteiger partial charge in [0.25, 0.3) is 0 Å². The summed E-state index contributed by atoms with van der Waals surface area (Å²) in [5.41, 5.74) is 3.24. The summed E-state index contributed by atoms with van der Waals surface area (Å²) in [5.74, 6) is -1.34. The Balaban J connectivity index is 1.08. The fourth-order valence-corrected chi connectivity index (χ4v) is 5.87. The highest BCUT2D eigenvalue weighted by Gasteiger charge is 2.38. The largest absolute Gasteiger partial charge is 0.392 e. The van der Waals surface area contributed by atoms with Gasteiger partial charge < -0.3 is 14.9 Å². The average molecular weight is 479 g/mol. The number of allylic oxidation sites excluding steroid dienone is 1. The van der Waals surface area contributed by atoms with Gasteiger partial charge in [-0.2, -0.15) is 0 Å². The number of fused-ring (bicyclic) bond motifs is 2. The predicted octanol–water partition coefficient (Wildman–Crippen LogP) is 4.64. The van der Waals surface area contributed by atoms with Crippen LogP contribution >= 0.6 is 0 Å². The molecule has 0 unspecified atom stereocenters. The maximum absolute atomic E-state index is 13.3. The maximum Gasteiger partial charge on any atom is 0.246 e. The SMILES string of the molecule is O=C(/C=C/c1cc(F)cc(F)c1)N1CCC([C@H](O)CN2CCC3(C=Cc4ccccc43)CC2)CC1. The van der Waals surface area contributed by atoms with Crippen molar-refractivity contribution in [1.82, 2.24) is 9.80 Å². The molecular formula is C29H32F2N2O2. The van der Waals surface area contributed by atoms with Crippen LogP contribution in [0.25, 0.3) is 12.2 Å². The molecule has 0 aromatic heterocycles. The lowest BCUT2D eigenvalue weighted by molar-refractivity contribution is -0.128. The number of aliphatic hydroxyl groups excluding tert-OH is 1. The van der Waals surface area contributed by atoms with E-state index in [0.717, 1.165) is 44.8 Å². The standard InChI is InChI=1S/C29H32F2N2O2/c30-24-17-21(18-25(31)19-24)5-6-28(35)33-13-8-23(9-14-33)27(34)20-32-15-11-29(12-16-32)10-7-22-3-1-2-4-26(22)29/h1-7,10,17-19,23,27,34H,8-9,11-16,20H2/b6-5+/t27-/m1/s1. The Labute approximate surface area is 205 Å². The summed E-state index contributed by atoms with van der Waals surface area (Å²) < 4.78 is 26.7. The van der Waals surface area contributed by atoms with Crippen molar-refractivity contribution >= 4 is 18.1 Å². The summed E-state index contributed by atoms with van der Waals surface area (Å²) in [5, 5.41) is 10.9. The van der Waals surface area contributed by atoms with Crippen molar-refractivity contribution in [1.29, 1.82) is 0 Å². The van der Waals surface area contributed by atoms with E-state index in [1.54, 1.807) is 4.90 Å². The Morgan fingerprint density at radius 3 is 2.46 bits per heavy atom. The molecule has 1 spiro atoms. The van der Waals surface area contributed by atoms with E-state index < -0.39 is 17.7 Å². The molecule has 5 rings (SSSR count). The first-order chi connectivity index (χ1) is 16.9. The van der Waals surface area contributed by atoms with E-state index in [4.69, 9.17) is 0 Å². The van der Waals surface area contributed by atoms with Gasteiger partial charge in [-0.15, -0.1) is 0 Å². The van der Waals surface area contributed by atoms with Gasteiger partial charge >= 0.3 is 0 Å². The van der Waals surface area contributed by atoms with Gasteiger partial charge in [-0.05, 0) is 79.6 Å². The van der Waals surface area contributed by atoms with Gasteiger partial charge in [0, 0.05) is 37.2 Å². The topological polar surface area (TPSA) is 43.8 Å². The summed E-state index contributed by atoms with van der Waals surface area (Å²) in [6.07, 6.45) is 10.7. The van der Waals surface area contributed by atoms with Crippen LogP contribution in [-0.4, -0.2) is 59.6 Å². The van der Waals surface area contributed by atoms with Crippen LogP contribution < -0.4 is 0 Å². The Kier molecular flexibility index (Phi) is 6.85. The minimum atomic E-state index is -0.666. The van der Waals surface area contributed by atoms with E-state index >= 15 is 0 Å². The lowest BCUT2D eigenvalue weighted by atomic mass is 9.74. The molecule has 4 nitrogen and oxygen atoms in total. The highest BCUT2D eigenvalue weighted by atomic mass is 19.1. The lowest BCUT2D eigenvalue weighted by Crippen LogP contribution is -2.47. The lowest BCUT2D eigenvalue weighted by Gasteiger charge is -2.41. The second kappa shape index (κ2) is 10.0. The van der Waals surface area contributed by atoms with Gasteiger partial charge in [-0.3, -0.25) is 4.79 Å². The van der Waals surface area contributed by atoms with Crippen LogP contribution in [0.5, 0.6) is 0 Å². The van der Waals surface area contributed by atoms with Crippen molar-refractivity contribution in [3.05, 3.63) is 82.9 Å². The number of rotatable bonds is 5. The van der Waals surface area contributed by atoms with Gasteiger partial charge in [0.1, 0.15) is 11.6 Å². The minimum absolute atomic E-state index is 0.147. The second-order valence-corrected chi connectivity index (χ2v) is 10.1. The third-order valence-electron chi connectivity index (χ3n) is 7.97. The molecule has 2 aromatic rings. The van der Waals surface area contributed by atoms with Crippen molar-refractivity contribution < 1.29 is 18.7 Å². The van der Waals surface area contributed by atoms with Crippen molar-refractivity contribution in [2.24, 2.45) is 5.92 Å². The highest BCUT2D eigenvalue weighted by molar-refractivity contribution is 5.91. The minimum Gasteiger partial charge on any atom is -0.392 e. The monoisotopic (exact) mass is 478 g/mol. The summed E-state index contributed by atoms with van der Waals surface area (Å²) in [4.78, 5) is 16.6. The quantitative estimate of drug-likeness (QED) is 0.637. The van der Waals surface area contributed by atoms with Crippen LogP contribution in [0.4, 0.5) is 8.78 Å². The number of halogens is 2. The molecule has 2 aromatic carbocycles. The van der Waals surface area contributed by atoms with Crippen LogP contribution in [0.2, 0.25) is 0 Å². The molecule has 1 atom stereocenters. The number of benzene rings is 2. The molecule has 1 aliphatic carbocycles. The van der Waals surface area contributed by atoms with Crippen molar-refractivity contribution in [3.8, 4) is 0 Å². The molecule has 184 valence electrons. The maximum atomic E-state index is 13.3. The Morgan fingerprint density at radius 1 is 1.06 bits per heavy atom. The number of piperidine rings is 2. The summed E-state index contributed by atoms with van der Waals surface area (Å²) in [6, 6.07) is 11.8. The molecule has 6 heteroatoms. The third-order valence-corrected chi connectivity index (χ3v) is 7.97. The van der Waals surface area contributed by atoms with Gasteiger partial charge in [-0.25, -0.2) is 8.78 Å². The highest BCUT2D eigenvalue weighted by Crippen LogP contribution is 2.43. The smallest absolute Gasteiger partial charge is 0.246 e. The molecular weight excluding hydrogens is 446 g/mol. The summed E-state index contributed by atoms with van der Waals surface area (Å²) in [6.45, 7) is 3.77. The number of nitrogens with zero attached hydrogens (tertiary/aromatic N) is 2. The van der Waals surface area contributed by atoms with Crippen LogP contribution in [0.15, 0.2) is 54.6 Å². The zero-order valence-electron chi connectivity index (χ0n) is 19.9. The number of carbonyl (C=O) groups excluding carboxylic acids is 1. The third kappa shape index (κ3) is 5.24. The Bertz CT molecular complexity index is 1110. The van der Waals surface area contributed by atoms with Gasteiger partial charge in [0.15, 0.2) is 0 Å². The summed E-state index contributed by atoms with van der Waals surface area (Å²) in [7, 11) is 0. The molecule has 2 aliphatic heterocycles. The summed E-state index contributed by atoms with van der Waals surface area (Å²) >= 11 is 0. The first-order valence-electron chi connectivity index (χ1n) is 12.5. The molecule has 1 amide bonds. The zero-order valence-corrected chi connectivity index (χ0v) is 19.9. The van der Waals surface area contributed by atoms with E-state index in [9.17, 15) is 18.7 Å². The number of hydrogen-bond donors (Lipinski definition) is 1. The molecule has 1 N–H and O–H groups in total. The fraction of sp³-hybridized carbons (Fsp3) is 0.414. The number of aliphatic hydroxyl groups is 1. The van der Waals surface area contributed by atoms with Crippen molar-refractivity contribution in [3.63, 3.8) is 0 Å². The first kappa shape index (κ1) is 23.9. The fourth-order valence-electron chi connectivity index (χ4n) is 5.87. The van der Waals surface area contributed by atoms with Gasteiger partial charge in [0.05, 0.1) is 6.10 Å². The second-order valence-electron chi connectivity index (χ2n) is 10.1. The van der Waals surface area contributed by atoms with E-state index in [2.05, 4.69) is 41.3 Å². The van der Waals surface area contributed by atoms with E-state index in [1.165, 1.54) is 35.4 Å². The molecule has 0 radical (unpaired) electrons. The van der Waals surface area contributed by atoms with Crippen LogP contribution in [-0.2, 0) is 10.2 Å². The van der Waals surface area contributed by atoms with Crippen molar-refractivity contribution in [2.45, 2.75) is 37.2 Å². The van der Waals surface area contributed by atoms with Crippen molar-refractivity contribution in [2.75, 3.05) is 32.7 Å². The van der Waals surface area contributed by atoms with Crippen LogP contribution in [0.3, 0.4) is 0 Å². The van der Waals surface area contributed by atoms with E-state index in [-0.39, 0.29) is 17.2 Å². The molecule has 35 heavy (non-hydrogen) atoms. The van der Waals surface area contributed by atoms with Crippen LogP contribution in [0.1, 0.15) is 42.4 Å². The molecule has 3 aliphatic rings. The number of β-amino-alcohol motifs (C(OH)–C–C–N with tert-alkyl or cyclic N) is 1. The molecule has 0 bridgehead atoms. The average Bonchev–Trinajstić information content (AvgIpc) is 3.22. The first-order valence-corrected chi connectivity index (χ1v) is 12.5. The van der Waals surface area contributed by atoms with Crippen LogP contribution in [0, 0.1) is 17.6 Å². The Morgan fingerprint density at radius 2 is 1.74 bits per heavy atom.